The van der Waals surface area contributed by atoms with Gasteiger partial charge in [0.15, 0.2) is 0 Å². The number of hydrogen-bond donors (Lipinski definition) is 0. The first-order chi connectivity index (χ1) is 17.5. The zero-order chi connectivity index (χ0) is 25.2. The predicted molar refractivity (Wildman–Crippen MR) is 141 cm³/mol. The fourth-order valence-corrected chi connectivity index (χ4v) is 5.81. The molecule has 3 saturated heterocycles. The Morgan fingerprint density at radius 2 is 2.08 bits per heavy atom. The zero-order valence-corrected chi connectivity index (χ0v) is 21.6. The topological polar surface area (TPSA) is 96.7 Å². The average molecular weight is 530 g/mol. The minimum Gasteiger partial charge on any atom is -0.450 e. The van der Waals surface area contributed by atoms with Crippen molar-refractivity contribution in [1.29, 1.82) is 0 Å². The van der Waals surface area contributed by atoms with Gasteiger partial charge in [-0.05, 0) is 38.0 Å². The summed E-state index contributed by atoms with van der Waals surface area (Å²) in [6, 6.07) is 5.35. The van der Waals surface area contributed by atoms with Gasteiger partial charge in [0.25, 0.3) is 11.5 Å². The molecular formula is C24H27N5O5S2. The average Bonchev–Trinajstić information content (AvgIpc) is 3.50. The second-order valence-corrected chi connectivity index (χ2v) is 10.4. The Kier molecular flexibility index (Phi) is 7.26. The van der Waals surface area contributed by atoms with Gasteiger partial charge in [0.05, 0.1) is 29.7 Å². The molecular weight excluding hydrogens is 502 g/mol. The van der Waals surface area contributed by atoms with Gasteiger partial charge in [-0.3, -0.25) is 18.9 Å². The van der Waals surface area contributed by atoms with Crippen LogP contribution in [0.15, 0.2) is 34.1 Å². The fraction of sp³-hybridized carbons (Fsp3) is 0.458. The first-order valence-corrected chi connectivity index (χ1v) is 13.2. The third kappa shape index (κ3) is 4.84. The summed E-state index contributed by atoms with van der Waals surface area (Å²) in [5.74, 6) is 0.259. The number of thiocarbonyl (C=S) groups is 1. The lowest BCUT2D eigenvalue weighted by Crippen LogP contribution is -2.49. The molecule has 2 aromatic heterocycles. The summed E-state index contributed by atoms with van der Waals surface area (Å²) in [4.78, 5) is 49.3. The van der Waals surface area contributed by atoms with E-state index in [1.54, 1.807) is 41.1 Å². The molecule has 0 aromatic carbocycles. The predicted octanol–water partition coefficient (Wildman–Crippen LogP) is 2.35. The van der Waals surface area contributed by atoms with Crippen LogP contribution in [0.5, 0.6) is 0 Å². The van der Waals surface area contributed by atoms with Gasteiger partial charge >= 0.3 is 6.09 Å². The Morgan fingerprint density at radius 1 is 1.28 bits per heavy atom. The number of piperazine rings is 1. The van der Waals surface area contributed by atoms with E-state index in [4.69, 9.17) is 26.7 Å². The van der Waals surface area contributed by atoms with Crippen LogP contribution in [0.3, 0.4) is 0 Å². The number of carbonyl (C=O) groups excluding carboxylic acids is 2. The molecule has 0 unspecified atom stereocenters. The van der Waals surface area contributed by atoms with E-state index in [0.717, 1.165) is 12.8 Å². The van der Waals surface area contributed by atoms with Crippen molar-refractivity contribution in [2.75, 3.05) is 50.8 Å². The molecule has 36 heavy (non-hydrogen) atoms. The molecule has 5 heterocycles. The highest BCUT2D eigenvalue weighted by atomic mass is 32.2. The van der Waals surface area contributed by atoms with Gasteiger partial charge in [0.1, 0.15) is 15.8 Å². The number of rotatable bonds is 5. The molecule has 2 aromatic rings. The minimum atomic E-state index is -0.348. The normalized spacial score (nSPS) is 21.8. The lowest BCUT2D eigenvalue weighted by Gasteiger charge is -2.35. The van der Waals surface area contributed by atoms with Crippen molar-refractivity contribution >= 4 is 57.8 Å². The molecule has 0 bridgehead atoms. The smallest absolute Gasteiger partial charge is 0.409 e. The highest BCUT2D eigenvalue weighted by molar-refractivity contribution is 8.26. The molecule has 0 saturated carbocycles. The SMILES string of the molecule is CCOC(=O)N1CCN(c2nc3ccccn3c(=O)c2/C=C2\SC(=S)N(C[C@H]3CCCO3)C2=O)CC1. The molecule has 0 aliphatic carbocycles. The maximum atomic E-state index is 13.6. The number of pyridine rings is 1. The molecule has 0 spiro atoms. The van der Waals surface area contributed by atoms with Crippen LogP contribution in [-0.2, 0) is 14.3 Å². The molecule has 10 nitrogen and oxygen atoms in total. The Bertz CT molecular complexity index is 1280. The molecule has 5 rings (SSSR count). The van der Waals surface area contributed by atoms with Crippen LogP contribution in [0.25, 0.3) is 11.7 Å². The Balaban J connectivity index is 1.47. The van der Waals surface area contributed by atoms with Crippen LogP contribution in [0.4, 0.5) is 10.6 Å². The summed E-state index contributed by atoms with van der Waals surface area (Å²) in [7, 11) is 0. The summed E-state index contributed by atoms with van der Waals surface area (Å²) in [6.45, 7) is 5.05. The maximum Gasteiger partial charge on any atom is 0.409 e. The number of thioether (sulfide) groups is 1. The third-order valence-corrected chi connectivity index (χ3v) is 7.79. The number of amides is 2. The Hall–Kier alpha value is -2.96. The van der Waals surface area contributed by atoms with Crippen LogP contribution >= 0.6 is 24.0 Å². The highest BCUT2D eigenvalue weighted by Crippen LogP contribution is 2.34. The monoisotopic (exact) mass is 529 g/mol. The third-order valence-electron chi connectivity index (χ3n) is 6.41. The van der Waals surface area contributed by atoms with Crippen molar-refractivity contribution in [1.82, 2.24) is 19.2 Å². The minimum absolute atomic E-state index is 0.0222. The lowest BCUT2D eigenvalue weighted by atomic mass is 10.2. The highest BCUT2D eigenvalue weighted by Gasteiger charge is 2.35. The number of fused-ring (bicyclic) bond motifs is 1. The number of hydrogen-bond acceptors (Lipinski definition) is 9. The quantitative estimate of drug-likeness (QED) is 0.427. The molecule has 3 aliphatic heterocycles. The summed E-state index contributed by atoms with van der Waals surface area (Å²) in [5, 5.41) is 0. The van der Waals surface area contributed by atoms with Gasteiger partial charge < -0.3 is 19.3 Å². The van der Waals surface area contributed by atoms with Crippen molar-refractivity contribution in [3.05, 3.63) is 45.2 Å². The second kappa shape index (κ2) is 10.6. The summed E-state index contributed by atoms with van der Waals surface area (Å²) in [5.41, 5.74) is 0.558. The number of carbonyl (C=O) groups is 2. The number of nitrogens with zero attached hydrogens (tertiary/aromatic N) is 5. The molecule has 1 atom stereocenters. The lowest BCUT2D eigenvalue weighted by molar-refractivity contribution is -0.123. The van der Waals surface area contributed by atoms with E-state index >= 15 is 0 Å². The largest absolute Gasteiger partial charge is 0.450 e. The molecule has 2 amide bonds. The van der Waals surface area contributed by atoms with E-state index in [9.17, 15) is 14.4 Å². The first kappa shape index (κ1) is 24.7. The van der Waals surface area contributed by atoms with E-state index in [0.29, 0.717) is 72.2 Å². The van der Waals surface area contributed by atoms with Crippen molar-refractivity contribution in [2.45, 2.75) is 25.9 Å². The van der Waals surface area contributed by atoms with Gasteiger partial charge in [0, 0.05) is 39.0 Å². The zero-order valence-electron chi connectivity index (χ0n) is 19.9. The molecule has 3 fully saturated rings. The first-order valence-electron chi connectivity index (χ1n) is 12.0. The fourth-order valence-electron chi connectivity index (χ4n) is 4.55. The van der Waals surface area contributed by atoms with E-state index in [2.05, 4.69) is 0 Å². The maximum absolute atomic E-state index is 13.6. The van der Waals surface area contributed by atoms with Crippen molar-refractivity contribution < 1.29 is 19.1 Å². The number of anilines is 1. The van der Waals surface area contributed by atoms with Crippen LogP contribution in [0.1, 0.15) is 25.3 Å². The van der Waals surface area contributed by atoms with E-state index in [-0.39, 0.29) is 23.7 Å². The van der Waals surface area contributed by atoms with Crippen molar-refractivity contribution in [3.63, 3.8) is 0 Å². The Labute approximate surface area is 217 Å². The standard InChI is InChI=1S/C24H27N5O5S2/c1-2-33-23(32)27-11-9-26(10-12-27)20-17(21(30)28-8-4-3-7-19(28)25-20)14-18-22(31)29(24(35)36-18)15-16-6-5-13-34-16/h3-4,7-8,14,16H,2,5-6,9-13,15H2,1H3/b18-14-/t16-/m1/s1. The van der Waals surface area contributed by atoms with Crippen LogP contribution in [0, 0.1) is 0 Å². The molecule has 3 aliphatic rings. The van der Waals surface area contributed by atoms with E-state index in [1.807, 2.05) is 11.0 Å². The van der Waals surface area contributed by atoms with Crippen LogP contribution in [0.2, 0.25) is 0 Å². The van der Waals surface area contributed by atoms with Gasteiger partial charge in [-0.1, -0.05) is 30.0 Å². The molecule has 0 radical (unpaired) electrons. The van der Waals surface area contributed by atoms with Gasteiger partial charge in [0.2, 0.25) is 0 Å². The van der Waals surface area contributed by atoms with Crippen molar-refractivity contribution in [2.24, 2.45) is 0 Å². The number of aromatic nitrogens is 2. The summed E-state index contributed by atoms with van der Waals surface area (Å²) >= 11 is 6.67. The molecule has 12 heteroatoms. The Morgan fingerprint density at radius 3 is 2.81 bits per heavy atom. The van der Waals surface area contributed by atoms with Crippen LogP contribution < -0.4 is 10.5 Å². The van der Waals surface area contributed by atoms with Crippen LogP contribution in [-0.4, -0.2) is 87.5 Å². The summed E-state index contributed by atoms with van der Waals surface area (Å²) in [6.07, 6.45) is 4.77. The van der Waals surface area contributed by atoms with Gasteiger partial charge in [-0.15, -0.1) is 0 Å². The van der Waals surface area contributed by atoms with Crippen molar-refractivity contribution in [3.8, 4) is 0 Å². The second-order valence-electron chi connectivity index (χ2n) is 8.68. The molecule has 190 valence electrons. The number of ether oxygens (including phenoxy) is 2. The van der Waals surface area contributed by atoms with Gasteiger partial charge in [-0.25, -0.2) is 9.78 Å². The summed E-state index contributed by atoms with van der Waals surface area (Å²) < 4.78 is 12.7. The van der Waals surface area contributed by atoms with E-state index < -0.39 is 0 Å². The molecule has 0 N–H and O–H groups in total. The van der Waals surface area contributed by atoms with E-state index in [1.165, 1.54) is 16.2 Å². The van der Waals surface area contributed by atoms with Gasteiger partial charge in [-0.2, -0.15) is 0 Å².